The Morgan fingerprint density at radius 1 is 0.800 bits per heavy atom. The monoisotopic (exact) mass is 217 g/mol. The summed E-state index contributed by atoms with van der Waals surface area (Å²) in [6.07, 6.45) is 10.7. The van der Waals surface area contributed by atoms with E-state index >= 15 is 0 Å². The molecule has 0 aliphatic heterocycles. The van der Waals surface area contributed by atoms with Gasteiger partial charge in [0.1, 0.15) is 0 Å². The summed E-state index contributed by atoms with van der Waals surface area (Å²) in [5.74, 6) is 0. The van der Waals surface area contributed by atoms with Gasteiger partial charge in [-0.25, -0.2) is 0 Å². The molecular weight excluding hydrogens is 186 g/mol. The van der Waals surface area contributed by atoms with Gasteiger partial charge in [-0.15, -0.1) is 0 Å². The maximum atomic E-state index is 7.88. The van der Waals surface area contributed by atoms with Crippen LogP contribution in [0.25, 0.3) is 0 Å². The fourth-order valence-electron chi connectivity index (χ4n) is 1.26. The van der Waals surface area contributed by atoms with E-state index in [0.717, 1.165) is 6.42 Å². The number of hydrogen-bond acceptors (Lipinski definition) is 2. The van der Waals surface area contributed by atoms with Gasteiger partial charge in [0.25, 0.3) is 0 Å². The summed E-state index contributed by atoms with van der Waals surface area (Å²) in [5, 5.41) is 11.0. The van der Waals surface area contributed by atoms with E-state index in [1.807, 2.05) is 14.0 Å². The zero-order chi connectivity index (χ0) is 11.8. The Hall–Kier alpha value is -0.0800. The van der Waals surface area contributed by atoms with Crippen molar-refractivity contribution in [2.75, 3.05) is 20.2 Å². The van der Waals surface area contributed by atoms with Crippen molar-refractivity contribution >= 4 is 0 Å². The fraction of sp³-hybridized carbons (Fsp3) is 1.00. The Labute approximate surface area is 96.5 Å². The molecule has 0 aliphatic rings. The highest BCUT2D eigenvalue weighted by atomic mass is 16.2. The molecule has 0 radical (unpaired) electrons. The molecule has 2 heteroatoms. The van der Waals surface area contributed by atoms with Crippen LogP contribution in [0.5, 0.6) is 0 Å². The van der Waals surface area contributed by atoms with Gasteiger partial charge in [-0.05, 0) is 26.4 Å². The quantitative estimate of drug-likeness (QED) is 0.581. The molecule has 0 aromatic rings. The van der Waals surface area contributed by atoms with Gasteiger partial charge in [0.15, 0.2) is 0 Å². The first-order chi connectivity index (χ1) is 7.33. The third-order valence-electron chi connectivity index (χ3n) is 2.25. The Bertz CT molecular complexity index is 76.6. The molecule has 0 amide bonds. The SMILES string of the molecule is CCCCCCCCCNC.CCCO. The molecule has 0 aliphatic carbocycles. The van der Waals surface area contributed by atoms with E-state index in [1.165, 1.54) is 51.5 Å². The van der Waals surface area contributed by atoms with Crippen LogP contribution in [0.1, 0.15) is 65.2 Å². The highest BCUT2D eigenvalue weighted by Gasteiger charge is 1.88. The Kier molecular flexibility index (Phi) is 22.5. The molecule has 0 saturated heterocycles. The van der Waals surface area contributed by atoms with Gasteiger partial charge in [0.05, 0.1) is 0 Å². The number of unbranched alkanes of at least 4 members (excludes halogenated alkanes) is 6. The summed E-state index contributed by atoms with van der Waals surface area (Å²) >= 11 is 0. The van der Waals surface area contributed by atoms with E-state index < -0.39 is 0 Å². The van der Waals surface area contributed by atoms with Gasteiger partial charge >= 0.3 is 0 Å². The second-order valence-corrected chi connectivity index (χ2v) is 3.95. The highest BCUT2D eigenvalue weighted by molar-refractivity contribution is 4.46. The van der Waals surface area contributed by atoms with Gasteiger partial charge in [0, 0.05) is 6.61 Å². The van der Waals surface area contributed by atoms with E-state index in [4.69, 9.17) is 5.11 Å². The molecule has 94 valence electrons. The molecule has 0 bridgehead atoms. The molecule has 0 fully saturated rings. The van der Waals surface area contributed by atoms with Crippen LogP contribution in [0.3, 0.4) is 0 Å². The van der Waals surface area contributed by atoms with Crippen LogP contribution in [0.4, 0.5) is 0 Å². The van der Waals surface area contributed by atoms with Crippen LogP contribution < -0.4 is 5.32 Å². The van der Waals surface area contributed by atoms with E-state index in [0.29, 0.717) is 6.61 Å². The third-order valence-corrected chi connectivity index (χ3v) is 2.25. The van der Waals surface area contributed by atoms with Crippen LogP contribution in [-0.4, -0.2) is 25.3 Å². The van der Waals surface area contributed by atoms with E-state index in [2.05, 4.69) is 12.2 Å². The summed E-state index contributed by atoms with van der Waals surface area (Å²) in [5.41, 5.74) is 0. The summed E-state index contributed by atoms with van der Waals surface area (Å²) in [4.78, 5) is 0. The van der Waals surface area contributed by atoms with Crippen molar-refractivity contribution in [3.8, 4) is 0 Å². The fourth-order valence-corrected chi connectivity index (χ4v) is 1.26. The smallest absolute Gasteiger partial charge is 0.0428 e. The first-order valence-corrected chi connectivity index (χ1v) is 6.58. The summed E-state index contributed by atoms with van der Waals surface area (Å²) < 4.78 is 0. The van der Waals surface area contributed by atoms with E-state index in [1.54, 1.807) is 0 Å². The van der Waals surface area contributed by atoms with Crippen molar-refractivity contribution in [3.05, 3.63) is 0 Å². The summed E-state index contributed by atoms with van der Waals surface area (Å²) in [7, 11) is 2.02. The molecule has 0 atom stereocenters. The Morgan fingerprint density at radius 3 is 1.67 bits per heavy atom. The number of rotatable bonds is 9. The van der Waals surface area contributed by atoms with Crippen LogP contribution in [0.2, 0.25) is 0 Å². The minimum absolute atomic E-state index is 0.319. The zero-order valence-corrected chi connectivity index (χ0v) is 11.0. The Morgan fingerprint density at radius 2 is 1.27 bits per heavy atom. The Balaban J connectivity index is 0. The van der Waals surface area contributed by atoms with Crippen LogP contribution in [0, 0.1) is 0 Å². The van der Waals surface area contributed by atoms with Crippen LogP contribution in [-0.2, 0) is 0 Å². The van der Waals surface area contributed by atoms with Crippen molar-refractivity contribution < 1.29 is 5.11 Å². The highest BCUT2D eigenvalue weighted by Crippen LogP contribution is 2.05. The molecule has 0 aromatic heterocycles. The lowest BCUT2D eigenvalue weighted by molar-refractivity contribution is 0.295. The zero-order valence-electron chi connectivity index (χ0n) is 11.0. The third kappa shape index (κ3) is 24.9. The molecule has 0 heterocycles. The minimum atomic E-state index is 0.319. The molecule has 0 spiro atoms. The lowest BCUT2D eigenvalue weighted by Crippen LogP contribution is -2.06. The van der Waals surface area contributed by atoms with Crippen LogP contribution in [0.15, 0.2) is 0 Å². The molecule has 15 heavy (non-hydrogen) atoms. The predicted molar refractivity (Wildman–Crippen MR) is 69.3 cm³/mol. The van der Waals surface area contributed by atoms with Gasteiger partial charge in [0.2, 0.25) is 0 Å². The van der Waals surface area contributed by atoms with E-state index in [9.17, 15) is 0 Å². The van der Waals surface area contributed by atoms with Crippen molar-refractivity contribution in [2.45, 2.75) is 65.2 Å². The molecule has 0 rings (SSSR count). The molecule has 0 unspecified atom stereocenters. The lowest BCUT2D eigenvalue weighted by Gasteiger charge is -1.99. The van der Waals surface area contributed by atoms with E-state index in [-0.39, 0.29) is 0 Å². The van der Waals surface area contributed by atoms with Crippen molar-refractivity contribution in [1.29, 1.82) is 0 Å². The predicted octanol–water partition coefficient (Wildman–Crippen LogP) is 3.35. The first-order valence-electron chi connectivity index (χ1n) is 6.58. The maximum Gasteiger partial charge on any atom is 0.0428 e. The van der Waals surface area contributed by atoms with Gasteiger partial charge in [-0.2, -0.15) is 0 Å². The van der Waals surface area contributed by atoms with Gasteiger partial charge < -0.3 is 10.4 Å². The van der Waals surface area contributed by atoms with Crippen molar-refractivity contribution in [2.24, 2.45) is 0 Å². The van der Waals surface area contributed by atoms with Gasteiger partial charge in [-0.1, -0.05) is 52.4 Å². The number of aliphatic hydroxyl groups is 1. The van der Waals surface area contributed by atoms with Crippen LogP contribution >= 0.6 is 0 Å². The molecule has 2 nitrogen and oxygen atoms in total. The summed E-state index contributed by atoms with van der Waals surface area (Å²) in [6.45, 7) is 5.70. The summed E-state index contributed by atoms with van der Waals surface area (Å²) in [6, 6.07) is 0. The molecule has 0 saturated carbocycles. The molecule has 2 N–H and O–H groups in total. The first kappa shape index (κ1) is 17.3. The standard InChI is InChI=1S/C10H23N.C3H8O/c1-3-4-5-6-7-8-9-10-11-2;1-2-3-4/h11H,3-10H2,1-2H3;4H,2-3H2,1H3. The second kappa shape index (κ2) is 19.5. The van der Waals surface area contributed by atoms with Crippen molar-refractivity contribution in [3.63, 3.8) is 0 Å². The number of aliphatic hydroxyl groups excluding tert-OH is 1. The number of hydrogen-bond donors (Lipinski definition) is 2. The minimum Gasteiger partial charge on any atom is -0.396 e. The largest absolute Gasteiger partial charge is 0.396 e. The van der Waals surface area contributed by atoms with Gasteiger partial charge in [-0.3, -0.25) is 0 Å². The maximum absolute atomic E-state index is 7.88. The topological polar surface area (TPSA) is 32.3 Å². The second-order valence-electron chi connectivity index (χ2n) is 3.95. The lowest BCUT2D eigenvalue weighted by atomic mass is 10.1. The normalized spacial score (nSPS) is 9.60. The molecular formula is C13H31NO. The average Bonchev–Trinajstić information content (AvgIpc) is 2.28. The van der Waals surface area contributed by atoms with Crippen molar-refractivity contribution in [1.82, 2.24) is 5.32 Å². The number of nitrogens with one attached hydrogen (secondary N) is 1. The molecule has 0 aromatic carbocycles. The average molecular weight is 217 g/mol.